The first-order valence-corrected chi connectivity index (χ1v) is 5.33. The fourth-order valence-corrected chi connectivity index (χ4v) is 1.41. The second-order valence-corrected chi connectivity index (χ2v) is 3.97. The van der Waals surface area contributed by atoms with Crippen LogP contribution in [0.15, 0.2) is 18.2 Å². The minimum absolute atomic E-state index is 0.0178. The predicted octanol–water partition coefficient (Wildman–Crippen LogP) is 2.07. The van der Waals surface area contributed by atoms with E-state index in [4.69, 9.17) is 27.5 Å². The molecule has 1 aromatic rings. The molecule has 0 bridgehead atoms. The summed E-state index contributed by atoms with van der Waals surface area (Å²) in [5.74, 6) is 0.0178. The van der Waals surface area contributed by atoms with Gasteiger partial charge in [-0.25, -0.2) is 0 Å². The molecule has 0 heterocycles. The fraction of sp³-hybridized carbons (Fsp3) is 0.364. The van der Waals surface area contributed by atoms with Gasteiger partial charge in [0.05, 0.1) is 6.10 Å². The van der Waals surface area contributed by atoms with Gasteiger partial charge < -0.3 is 15.8 Å². The van der Waals surface area contributed by atoms with Crippen LogP contribution < -0.4 is 11.1 Å². The zero-order chi connectivity index (χ0) is 12.1. The molecule has 88 valence electrons. The lowest BCUT2D eigenvalue weighted by Crippen LogP contribution is -2.21. The van der Waals surface area contributed by atoms with Gasteiger partial charge in [-0.2, -0.15) is 0 Å². The Hall–Kier alpha value is -1.26. The van der Waals surface area contributed by atoms with E-state index in [1.165, 1.54) is 0 Å². The Kier molecular flexibility index (Phi) is 4.58. The van der Waals surface area contributed by atoms with Crippen LogP contribution in [0.3, 0.4) is 0 Å². The molecule has 0 aliphatic rings. The van der Waals surface area contributed by atoms with Crippen molar-refractivity contribution < 1.29 is 4.74 Å². The topological polar surface area (TPSA) is 71.1 Å². The molecule has 1 aromatic carbocycles. The van der Waals surface area contributed by atoms with E-state index >= 15 is 0 Å². The van der Waals surface area contributed by atoms with Gasteiger partial charge >= 0.3 is 0 Å². The van der Waals surface area contributed by atoms with Gasteiger partial charge in [0.1, 0.15) is 5.84 Å². The van der Waals surface area contributed by atoms with E-state index in [1.807, 2.05) is 6.92 Å². The molecule has 4 N–H and O–H groups in total. The largest absolute Gasteiger partial charge is 0.384 e. The first-order chi connectivity index (χ1) is 7.54. The van der Waals surface area contributed by atoms with Crippen molar-refractivity contribution in [3.8, 4) is 0 Å². The molecular formula is C11H16ClN3O. The van der Waals surface area contributed by atoms with Crippen molar-refractivity contribution in [3.63, 3.8) is 0 Å². The molecule has 0 amide bonds. The van der Waals surface area contributed by atoms with Crippen LogP contribution in [0.1, 0.15) is 12.5 Å². The van der Waals surface area contributed by atoms with Gasteiger partial charge in [-0.05, 0) is 25.1 Å². The van der Waals surface area contributed by atoms with E-state index in [9.17, 15) is 0 Å². The van der Waals surface area contributed by atoms with Crippen LogP contribution >= 0.6 is 11.6 Å². The van der Waals surface area contributed by atoms with Gasteiger partial charge in [0, 0.05) is 29.9 Å². The van der Waals surface area contributed by atoms with E-state index < -0.39 is 0 Å². The third-order valence-electron chi connectivity index (χ3n) is 2.25. The van der Waals surface area contributed by atoms with Crippen LogP contribution in [0.5, 0.6) is 0 Å². The second kappa shape index (κ2) is 5.72. The fourth-order valence-electron chi connectivity index (χ4n) is 1.23. The number of nitrogens with one attached hydrogen (secondary N) is 2. The molecular weight excluding hydrogens is 226 g/mol. The van der Waals surface area contributed by atoms with Crippen molar-refractivity contribution in [3.05, 3.63) is 28.8 Å². The van der Waals surface area contributed by atoms with Crippen LogP contribution in [-0.2, 0) is 4.74 Å². The molecule has 0 aliphatic carbocycles. The highest BCUT2D eigenvalue weighted by Gasteiger charge is 2.07. The molecule has 0 aliphatic heterocycles. The third kappa shape index (κ3) is 3.40. The van der Waals surface area contributed by atoms with Crippen LogP contribution in [0.25, 0.3) is 0 Å². The van der Waals surface area contributed by atoms with Crippen LogP contribution in [0.2, 0.25) is 5.02 Å². The number of hydrogen-bond donors (Lipinski definition) is 3. The predicted molar refractivity (Wildman–Crippen MR) is 67.4 cm³/mol. The SMILES string of the molecule is COC(C)CNc1cc(Cl)ccc1C(=N)N. The molecule has 0 aromatic heterocycles. The molecule has 4 nitrogen and oxygen atoms in total. The Labute approximate surface area is 100 Å². The Morgan fingerprint density at radius 3 is 2.88 bits per heavy atom. The number of methoxy groups -OCH3 is 1. The van der Waals surface area contributed by atoms with Crippen LogP contribution in [-0.4, -0.2) is 25.6 Å². The Morgan fingerprint density at radius 1 is 1.62 bits per heavy atom. The number of halogens is 1. The van der Waals surface area contributed by atoms with Gasteiger partial charge in [-0.3, -0.25) is 5.41 Å². The summed E-state index contributed by atoms with van der Waals surface area (Å²) < 4.78 is 5.12. The van der Waals surface area contributed by atoms with Crippen LogP contribution in [0, 0.1) is 5.41 Å². The van der Waals surface area contributed by atoms with E-state index in [2.05, 4.69) is 5.32 Å². The lowest BCUT2D eigenvalue weighted by molar-refractivity contribution is 0.129. The molecule has 0 fully saturated rings. The van der Waals surface area contributed by atoms with E-state index in [-0.39, 0.29) is 11.9 Å². The van der Waals surface area contributed by atoms with Crippen molar-refractivity contribution in [1.82, 2.24) is 0 Å². The van der Waals surface area contributed by atoms with Crippen LogP contribution in [0.4, 0.5) is 5.69 Å². The molecule has 1 rings (SSSR count). The van der Waals surface area contributed by atoms with Crippen molar-refractivity contribution in [2.45, 2.75) is 13.0 Å². The lowest BCUT2D eigenvalue weighted by atomic mass is 10.1. The quantitative estimate of drug-likeness (QED) is 0.546. The molecule has 0 saturated heterocycles. The van der Waals surface area contributed by atoms with E-state index in [0.29, 0.717) is 17.1 Å². The first kappa shape index (κ1) is 12.8. The maximum atomic E-state index is 7.44. The molecule has 0 spiro atoms. The summed E-state index contributed by atoms with van der Waals surface area (Å²) in [5.41, 5.74) is 6.87. The summed E-state index contributed by atoms with van der Waals surface area (Å²) in [7, 11) is 1.65. The number of nitrogens with two attached hydrogens (primary N) is 1. The maximum absolute atomic E-state index is 7.44. The highest BCUT2D eigenvalue weighted by Crippen LogP contribution is 2.20. The Morgan fingerprint density at radius 2 is 2.31 bits per heavy atom. The lowest BCUT2D eigenvalue weighted by Gasteiger charge is -2.14. The molecule has 16 heavy (non-hydrogen) atoms. The molecule has 5 heteroatoms. The minimum Gasteiger partial charge on any atom is -0.384 e. The van der Waals surface area contributed by atoms with Gasteiger partial charge in [-0.15, -0.1) is 0 Å². The number of rotatable bonds is 5. The number of nitrogen functional groups attached to an aromatic ring is 1. The van der Waals surface area contributed by atoms with Crippen molar-refractivity contribution in [2.24, 2.45) is 5.73 Å². The van der Waals surface area contributed by atoms with E-state index in [0.717, 1.165) is 5.69 Å². The van der Waals surface area contributed by atoms with Crippen molar-refractivity contribution in [1.29, 1.82) is 5.41 Å². The zero-order valence-electron chi connectivity index (χ0n) is 9.38. The Balaban J connectivity index is 2.84. The third-order valence-corrected chi connectivity index (χ3v) is 2.49. The van der Waals surface area contributed by atoms with Crippen molar-refractivity contribution in [2.75, 3.05) is 19.0 Å². The number of hydrogen-bond acceptors (Lipinski definition) is 3. The standard InChI is InChI=1S/C11H16ClN3O/c1-7(16-2)6-15-10-5-8(12)3-4-9(10)11(13)14/h3-5,7,15H,6H2,1-2H3,(H3,13,14). The van der Waals surface area contributed by atoms with Gasteiger partial charge in [0.2, 0.25) is 0 Å². The maximum Gasteiger partial charge on any atom is 0.124 e. The normalized spacial score (nSPS) is 12.2. The second-order valence-electron chi connectivity index (χ2n) is 3.53. The highest BCUT2D eigenvalue weighted by atomic mass is 35.5. The average Bonchev–Trinajstić information content (AvgIpc) is 2.25. The zero-order valence-corrected chi connectivity index (χ0v) is 10.1. The first-order valence-electron chi connectivity index (χ1n) is 4.95. The summed E-state index contributed by atoms with van der Waals surface area (Å²) >= 11 is 5.89. The Bertz CT molecular complexity index is 381. The summed E-state index contributed by atoms with van der Waals surface area (Å²) in [4.78, 5) is 0. The summed E-state index contributed by atoms with van der Waals surface area (Å²) in [6.07, 6.45) is 0.0822. The summed E-state index contributed by atoms with van der Waals surface area (Å²) in [5, 5.41) is 11.2. The average molecular weight is 242 g/mol. The number of amidine groups is 1. The summed E-state index contributed by atoms with van der Waals surface area (Å²) in [6.45, 7) is 2.59. The number of ether oxygens (including phenoxy) is 1. The van der Waals surface area contributed by atoms with Crippen molar-refractivity contribution >= 4 is 23.1 Å². The summed E-state index contributed by atoms with van der Waals surface area (Å²) in [6, 6.07) is 5.19. The molecule has 1 unspecified atom stereocenters. The van der Waals surface area contributed by atoms with Gasteiger partial charge in [0.25, 0.3) is 0 Å². The monoisotopic (exact) mass is 241 g/mol. The van der Waals surface area contributed by atoms with Gasteiger partial charge in [0.15, 0.2) is 0 Å². The number of benzene rings is 1. The molecule has 0 saturated carbocycles. The smallest absolute Gasteiger partial charge is 0.124 e. The minimum atomic E-state index is 0.0178. The molecule has 1 atom stereocenters. The molecule has 0 radical (unpaired) electrons. The van der Waals surface area contributed by atoms with Gasteiger partial charge in [-0.1, -0.05) is 11.6 Å². The van der Waals surface area contributed by atoms with E-state index in [1.54, 1.807) is 25.3 Å². The number of anilines is 1. The highest BCUT2D eigenvalue weighted by molar-refractivity contribution is 6.31.